The number of hydrogen-bond donors (Lipinski definition) is 1. The van der Waals surface area contributed by atoms with E-state index in [-0.39, 0.29) is 17.9 Å². The SMILES string of the molecule is C=C(C)[C@H]1CCCN[C@H]1C(=O)OCC. The molecule has 0 saturated carbocycles. The van der Waals surface area contributed by atoms with E-state index in [0.29, 0.717) is 6.61 Å². The van der Waals surface area contributed by atoms with Gasteiger partial charge in [0.1, 0.15) is 6.04 Å². The predicted molar refractivity (Wildman–Crippen MR) is 56.0 cm³/mol. The Balaban J connectivity index is 2.62. The molecule has 0 spiro atoms. The molecule has 80 valence electrons. The molecule has 1 N–H and O–H groups in total. The van der Waals surface area contributed by atoms with Gasteiger partial charge in [0.05, 0.1) is 6.61 Å². The van der Waals surface area contributed by atoms with Crippen molar-refractivity contribution >= 4 is 5.97 Å². The van der Waals surface area contributed by atoms with Gasteiger partial charge in [-0.05, 0) is 33.2 Å². The van der Waals surface area contributed by atoms with Gasteiger partial charge in [0.15, 0.2) is 0 Å². The lowest BCUT2D eigenvalue weighted by atomic mass is 9.86. The van der Waals surface area contributed by atoms with E-state index >= 15 is 0 Å². The summed E-state index contributed by atoms with van der Waals surface area (Å²) in [5, 5.41) is 3.20. The van der Waals surface area contributed by atoms with Gasteiger partial charge in [0.2, 0.25) is 0 Å². The highest BCUT2D eigenvalue weighted by atomic mass is 16.5. The molecule has 1 aliphatic heterocycles. The van der Waals surface area contributed by atoms with Crippen molar-refractivity contribution < 1.29 is 9.53 Å². The largest absolute Gasteiger partial charge is 0.465 e. The molecule has 1 aliphatic rings. The van der Waals surface area contributed by atoms with Crippen LogP contribution in [-0.2, 0) is 9.53 Å². The Labute approximate surface area is 85.5 Å². The molecule has 1 fully saturated rings. The summed E-state index contributed by atoms with van der Waals surface area (Å²) in [4.78, 5) is 11.6. The highest BCUT2D eigenvalue weighted by Crippen LogP contribution is 2.23. The first kappa shape index (κ1) is 11.2. The van der Waals surface area contributed by atoms with E-state index in [4.69, 9.17) is 4.74 Å². The number of carbonyl (C=O) groups excluding carboxylic acids is 1. The number of esters is 1. The Hall–Kier alpha value is -0.830. The third-order valence-corrected chi connectivity index (χ3v) is 2.63. The highest BCUT2D eigenvalue weighted by Gasteiger charge is 2.31. The van der Waals surface area contributed by atoms with Crippen molar-refractivity contribution in [1.82, 2.24) is 5.32 Å². The standard InChI is InChI=1S/C11H19NO2/c1-4-14-11(13)10-9(8(2)3)6-5-7-12-10/h9-10,12H,2,4-7H2,1,3H3/t9-,10-/m1/s1. The van der Waals surface area contributed by atoms with Crippen LogP contribution in [0.1, 0.15) is 26.7 Å². The molecule has 2 atom stereocenters. The van der Waals surface area contributed by atoms with Crippen LogP contribution in [0.3, 0.4) is 0 Å². The molecule has 0 aliphatic carbocycles. The number of hydrogen-bond acceptors (Lipinski definition) is 3. The lowest BCUT2D eigenvalue weighted by Gasteiger charge is -2.31. The van der Waals surface area contributed by atoms with Crippen molar-refractivity contribution in [2.75, 3.05) is 13.2 Å². The number of nitrogens with one attached hydrogen (secondary N) is 1. The molecule has 0 unspecified atom stereocenters. The average molecular weight is 197 g/mol. The summed E-state index contributed by atoms with van der Waals surface area (Å²) in [6.07, 6.45) is 2.14. The van der Waals surface area contributed by atoms with Crippen molar-refractivity contribution in [2.45, 2.75) is 32.7 Å². The molecule has 0 radical (unpaired) electrons. The first-order valence-corrected chi connectivity index (χ1v) is 5.22. The van der Waals surface area contributed by atoms with Crippen molar-refractivity contribution in [3.05, 3.63) is 12.2 Å². The maximum Gasteiger partial charge on any atom is 0.323 e. The Morgan fingerprint density at radius 3 is 2.93 bits per heavy atom. The Bertz CT molecular complexity index is 225. The summed E-state index contributed by atoms with van der Waals surface area (Å²) in [6.45, 7) is 9.07. The second-order valence-corrected chi connectivity index (χ2v) is 3.78. The van der Waals surface area contributed by atoms with Gasteiger partial charge < -0.3 is 10.1 Å². The molecule has 14 heavy (non-hydrogen) atoms. The van der Waals surface area contributed by atoms with Crippen molar-refractivity contribution in [3.8, 4) is 0 Å². The molecule has 1 heterocycles. The van der Waals surface area contributed by atoms with Gasteiger partial charge in [-0.2, -0.15) is 0 Å². The second-order valence-electron chi connectivity index (χ2n) is 3.78. The van der Waals surface area contributed by atoms with Crippen LogP contribution in [-0.4, -0.2) is 25.2 Å². The van der Waals surface area contributed by atoms with Crippen LogP contribution in [0.15, 0.2) is 12.2 Å². The van der Waals surface area contributed by atoms with Gasteiger partial charge in [-0.25, -0.2) is 0 Å². The molecule has 1 saturated heterocycles. The zero-order valence-electron chi connectivity index (χ0n) is 9.01. The lowest BCUT2D eigenvalue weighted by Crippen LogP contribution is -2.48. The number of ether oxygens (including phenoxy) is 1. The van der Waals surface area contributed by atoms with Gasteiger partial charge in [-0.15, -0.1) is 0 Å². The summed E-state index contributed by atoms with van der Waals surface area (Å²) < 4.78 is 5.02. The number of piperidine rings is 1. The monoisotopic (exact) mass is 197 g/mol. The van der Waals surface area contributed by atoms with E-state index in [0.717, 1.165) is 25.0 Å². The zero-order chi connectivity index (χ0) is 10.6. The molecule has 0 amide bonds. The fourth-order valence-electron chi connectivity index (χ4n) is 1.90. The van der Waals surface area contributed by atoms with Crippen LogP contribution >= 0.6 is 0 Å². The fourth-order valence-corrected chi connectivity index (χ4v) is 1.90. The summed E-state index contributed by atoms with van der Waals surface area (Å²) >= 11 is 0. The quantitative estimate of drug-likeness (QED) is 0.550. The van der Waals surface area contributed by atoms with Crippen LogP contribution in [0.25, 0.3) is 0 Å². The van der Waals surface area contributed by atoms with Gasteiger partial charge in [0, 0.05) is 5.92 Å². The molecular weight excluding hydrogens is 178 g/mol. The van der Waals surface area contributed by atoms with E-state index in [1.807, 2.05) is 13.8 Å². The first-order valence-electron chi connectivity index (χ1n) is 5.22. The molecule has 0 aromatic rings. The normalized spacial score (nSPS) is 27.0. The minimum atomic E-state index is -0.179. The fraction of sp³-hybridized carbons (Fsp3) is 0.727. The molecular formula is C11H19NO2. The van der Waals surface area contributed by atoms with Gasteiger partial charge in [-0.1, -0.05) is 12.2 Å². The van der Waals surface area contributed by atoms with Gasteiger partial charge in [0.25, 0.3) is 0 Å². The average Bonchev–Trinajstić information content (AvgIpc) is 2.18. The minimum absolute atomic E-state index is 0.139. The summed E-state index contributed by atoms with van der Waals surface area (Å²) in [6, 6.07) is -0.179. The lowest BCUT2D eigenvalue weighted by molar-refractivity contribution is -0.147. The van der Waals surface area contributed by atoms with E-state index in [2.05, 4.69) is 11.9 Å². The highest BCUT2D eigenvalue weighted by molar-refractivity contribution is 5.76. The van der Waals surface area contributed by atoms with Crippen molar-refractivity contribution in [3.63, 3.8) is 0 Å². The van der Waals surface area contributed by atoms with Gasteiger partial charge >= 0.3 is 5.97 Å². The molecule has 0 bridgehead atoms. The molecule has 1 rings (SSSR count). The van der Waals surface area contributed by atoms with E-state index in [9.17, 15) is 4.79 Å². The second kappa shape index (κ2) is 5.15. The Kier molecular flexibility index (Phi) is 4.14. The minimum Gasteiger partial charge on any atom is -0.465 e. The third-order valence-electron chi connectivity index (χ3n) is 2.63. The summed E-state index contributed by atoms with van der Waals surface area (Å²) in [7, 11) is 0. The Morgan fingerprint density at radius 1 is 1.64 bits per heavy atom. The van der Waals surface area contributed by atoms with Crippen molar-refractivity contribution in [2.24, 2.45) is 5.92 Å². The third kappa shape index (κ3) is 2.58. The van der Waals surface area contributed by atoms with Crippen LogP contribution in [0.5, 0.6) is 0 Å². The van der Waals surface area contributed by atoms with Crippen LogP contribution in [0.4, 0.5) is 0 Å². The summed E-state index contributed by atoms with van der Waals surface area (Å²) in [5.41, 5.74) is 1.07. The smallest absolute Gasteiger partial charge is 0.323 e. The maximum atomic E-state index is 11.6. The summed E-state index contributed by atoms with van der Waals surface area (Å²) in [5.74, 6) is 0.100. The van der Waals surface area contributed by atoms with E-state index in [1.54, 1.807) is 0 Å². The first-order chi connectivity index (χ1) is 6.66. The predicted octanol–water partition coefficient (Wildman–Crippen LogP) is 1.49. The molecule has 0 aromatic heterocycles. The molecule has 3 nitrogen and oxygen atoms in total. The van der Waals surface area contributed by atoms with E-state index < -0.39 is 0 Å². The molecule has 3 heteroatoms. The van der Waals surface area contributed by atoms with Crippen LogP contribution < -0.4 is 5.32 Å². The number of rotatable bonds is 3. The topological polar surface area (TPSA) is 38.3 Å². The van der Waals surface area contributed by atoms with Crippen LogP contribution in [0, 0.1) is 5.92 Å². The Morgan fingerprint density at radius 2 is 2.36 bits per heavy atom. The van der Waals surface area contributed by atoms with Gasteiger partial charge in [-0.3, -0.25) is 4.79 Å². The molecule has 0 aromatic carbocycles. The number of carbonyl (C=O) groups is 1. The zero-order valence-corrected chi connectivity index (χ0v) is 9.01. The van der Waals surface area contributed by atoms with Crippen molar-refractivity contribution in [1.29, 1.82) is 0 Å². The van der Waals surface area contributed by atoms with Crippen LogP contribution in [0.2, 0.25) is 0 Å². The maximum absolute atomic E-state index is 11.6. The van der Waals surface area contributed by atoms with E-state index in [1.165, 1.54) is 0 Å².